The number of carbonyl (C=O) groups is 2. The van der Waals surface area contributed by atoms with Crippen molar-refractivity contribution in [2.24, 2.45) is 0 Å². The SMILES string of the molecule is O=C(CN1CCCN(C(=O)c2ccccc2Cl)CC1)Nc1ccnn1Cc1ccccc1Cl. The van der Waals surface area contributed by atoms with Crippen LogP contribution in [-0.4, -0.2) is 64.1 Å². The number of halogens is 2. The van der Waals surface area contributed by atoms with Gasteiger partial charge in [-0.2, -0.15) is 5.10 Å². The molecule has 7 nitrogen and oxygen atoms in total. The Morgan fingerprint density at radius 3 is 2.45 bits per heavy atom. The van der Waals surface area contributed by atoms with E-state index in [2.05, 4.69) is 15.3 Å². The van der Waals surface area contributed by atoms with Crippen LogP contribution in [0.3, 0.4) is 0 Å². The van der Waals surface area contributed by atoms with Crippen LogP contribution in [0.4, 0.5) is 5.82 Å². The molecular weight excluding hydrogens is 461 g/mol. The number of benzene rings is 2. The van der Waals surface area contributed by atoms with E-state index in [4.69, 9.17) is 23.2 Å². The second kappa shape index (κ2) is 10.8. The molecule has 2 heterocycles. The van der Waals surface area contributed by atoms with Gasteiger partial charge in [0, 0.05) is 37.3 Å². The summed E-state index contributed by atoms with van der Waals surface area (Å²) in [6.45, 7) is 3.23. The Labute approximate surface area is 202 Å². The van der Waals surface area contributed by atoms with E-state index in [9.17, 15) is 9.59 Å². The molecule has 1 saturated heterocycles. The van der Waals surface area contributed by atoms with Gasteiger partial charge in [0.2, 0.25) is 5.91 Å². The Hall–Kier alpha value is -2.87. The Kier molecular flexibility index (Phi) is 7.65. The van der Waals surface area contributed by atoms with Gasteiger partial charge in [-0.1, -0.05) is 53.5 Å². The first kappa shape index (κ1) is 23.3. The number of hydrogen-bond acceptors (Lipinski definition) is 4. The number of nitrogens with one attached hydrogen (secondary N) is 1. The van der Waals surface area contributed by atoms with Crippen molar-refractivity contribution in [1.82, 2.24) is 19.6 Å². The summed E-state index contributed by atoms with van der Waals surface area (Å²) >= 11 is 12.4. The first-order valence-corrected chi connectivity index (χ1v) is 11.6. The zero-order valence-electron chi connectivity index (χ0n) is 18.1. The zero-order chi connectivity index (χ0) is 23.2. The minimum Gasteiger partial charge on any atom is -0.337 e. The Morgan fingerprint density at radius 2 is 1.67 bits per heavy atom. The maximum absolute atomic E-state index is 12.8. The number of hydrogen-bond donors (Lipinski definition) is 1. The fraction of sp³-hybridized carbons (Fsp3) is 0.292. The van der Waals surface area contributed by atoms with E-state index < -0.39 is 0 Å². The van der Waals surface area contributed by atoms with E-state index in [1.807, 2.05) is 36.4 Å². The van der Waals surface area contributed by atoms with Gasteiger partial charge in [0.1, 0.15) is 5.82 Å². The second-order valence-corrected chi connectivity index (χ2v) is 8.73. The van der Waals surface area contributed by atoms with E-state index in [1.165, 1.54) is 0 Å². The van der Waals surface area contributed by atoms with E-state index in [1.54, 1.807) is 34.0 Å². The molecule has 0 saturated carbocycles. The van der Waals surface area contributed by atoms with Crippen molar-refractivity contribution in [2.45, 2.75) is 13.0 Å². The molecule has 2 amide bonds. The summed E-state index contributed by atoms with van der Waals surface area (Å²) in [5, 5.41) is 8.36. The van der Waals surface area contributed by atoms with Crippen LogP contribution in [-0.2, 0) is 11.3 Å². The number of anilines is 1. The predicted molar refractivity (Wildman–Crippen MR) is 130 cm³/mol. The van der Waals surface area contributed by atoms with Crippen molar-refractivity contribution < 1.29 is 9.59 Å². The third-order valence-electron chi connectivity index (χ3n) is 5.61. The molecule has 0 spiro atoms. The highest BCUT2D eigenvalue weighted by Gasteiger charge is 2.23. The van der Waals surface area contributed by atoms with Crippen LogP contribution in [0.25, 0.3) is 0 Å². The van der Waals surface area contributed by atoms with Crippen molar-refractivity contribution in [3.05, 3.63) is 82.0 Å². The second-order valence-electron chi connectivity index (χ2n) is 7.92. The predicted octanol–water partition coefficient (Wildman–Crippen LogP) is 4.02. The summed E-state index contributed by atoms with van der Waals surface area (Å²) in [5.74, 6) is 0.419. The zero-order valence-corrected chi connectivity index (χ0v) is 19.6. The van der Waals surface area contributed by atoms with Crippen LogP contribution < -0.4 is 5.32 Å². The van der Waals surface area contributed by atoms with E-state index in [0.717, 1.165) is 18.5 Å². The summed E-state index contributed by atoms with van der Waals surface area (Å²) < 4.78 is 1.71. The highest BCUT2D eigenvalue weighted by atomic mass is 35.5. The number of aromatic nitrogens is 2. The van der Waals surface area contributed by atoms with Crippen LogP contribution in [0.2, 0.25) is 10.0 Å². The Balaban J connectivity index is 1.32. The summed E-state index contributed by atoms with van der Waals surface area (Å²) in [6.07, 6.45) is 2.44. The van der Waals surface area contributed by atoms with Gasteiger partial charge in [0.25, 0.3) is 5.91 Å². The smallest absolute Gasteiger partial charge is 0.255 e. The normalized spacial score (nSPS) is 14.7. The van der Waals surface area contributed by atoms with Crippen molar-refractivity contribution in [3.8, 4) is 0 Å². The van der Waals surface area contributed by atoms with E-state index >= 15 is 0 Å². The molecule has 0 radical (unpaired) electrons. The van der Waals surface area contributed by atoms with Gasteiger partial charge >= 0.3 is 0 Å². The summed E-state index contributed by atoms with van der Waals surface area (Å²) in [6, 6.07) is 16.4. The molecule has 3 aromatic rings. The number of rotatable bonds is 6. The summed E-state index contributed by atoms with van der Waals surface area (Å²) in [5.41, 5.74) is 1.44. The topological polar surface area (TPSA) is 70.5 Å². The molecule has 9 heteroatoms. The maximum atomic E-state index is 12.8. The number of carbonyl (C=O) groups excluding carboxylic acids is 2. The number of nitrogens with zero attached hydrogens (tertiary/aromatic N) is 4. The highest BCUT2D eigenvalue weighted by Crippen LogP contribution is 2.19. The van der Waals surface area contributed by atoms with Crippen LogP contribution in [0.15, 0.2) is 60.8 Å². The van der Waals surface area contributed by atoms with Gasteiger partial charge in [0.05, 0.1) is 29.9 Å². The molecule has 2 aromatic carbocycles. The fourth-order valence-corrected chi connectivity index (χ4v) is 4.29. The summed E-state index contributed by atoms with van der Waals surface area (Å²) in [7, 11) is 0. The molecule has 0 atom stereocenters. The molecule has 172 valence electrons. The molecule has 0 unspecified atom stereocenters. The average molecular weight is 486 g/mol. The van der Waals surface area contributed by atoms with Gasteiger partial charge in [-0.3, -0.25) is 14.5 Å². The van der Waals surface area contributed by atoms with Gasteiger partial charge in [0.15, 0.2) is 0 Å². The molecule has 1 N–H and O–H groups in total. The first-order chi connectivity index (χ1) is 16.0. The Morgan fingerprint density at radius 1 is 0.909 bits per heavy atom. The van der Waals surface area contributed by atoms with Gasteiger partial charge < -0.3 is 10.2 Å². The summed E-state index contributed by atoms with van der Waals surface area (Å²) in [4.78, 5) is 29.4. The van der Waals surface area contributed by atoms with Crippen molar-refractivity contribution >= 4 is 40.8 Å². The molecule has 1 aromatic heterocycles. The average Bonchev–Trinajstić information content (AvgIpc) is 3.09. The Bertz CT molecular complexity index is 1130. The standard InChI is InChI=1S/C24H25Cl2N5O2/c25-20-8-3-1-6-18(20)16-31-22(10-11-27-31)28-23(32)17-29-12-5-13-30(15-14-29)24(33)19-7-2-4-9-21(19)26/h1-4,6-11H,5,12-17H2,(H,28,32). The third kappa shape index (κ3) is 5.93. The van der Waals surface area contributed by atoms with E-state index in [0.29, 0.717) is 47.6 Å². The lowest BCUT2D eigenvalue weighted by Gasteiger charge is -2.22. The molecule has 0 aliphatic carbocycles. The molecular formula is C24H25Cl2N5O2. The molecule has 1 aliphatic rings. The molecule has 1 aliphatic heterocycles. The lowest BCUT2D eigenvalue weighted by Crippen LogP contribution is -2.38. The van der Waals surface area contributed by atoms with Crippen molar-refractivity contribution in [2.75, 3.05) is 38.0 Å². The minimum absolute atomic E-state index is 0.0737. The lowest BCUT2D eigenvalue weighted by atomic mass is 10.2. The maximum Gasteiger partial charge on any atom is 0.255 e. The minimum atomic E-state index is -0.123. The van der Waals surface area contributed by atoms with Crippen LogP contribution in [0.5, 0.6) is 0 Å². The van der Waals surface area contributed by atoms with Gasteiger partial charge in [-0.05, 0) is 30.2 Å². The van der Waals surface area contributed by atoms with Crippen LogP contribution in [0, 0.1) is 0 Å². The van der Waals surface area contributed by atoms with E-state index in [-0.39, 0.29) is 18.4 Å². The molecule has 0 bridgehead atoms. The molecule has 1 fully saturated rings. The molecule has 33 heavy (non-hydrogen) atoms. The van der Waals surface area contributed by atoms with Crippen LogP contribution in [0.1, 0.15) is 22.3 Å². The fourth-order valence-electron chi connectivity index (χ4n) is 3.88. The number of amides is 2. The first-order valence-electron chi connectivity index (χ1n) is 10.8. The molecule has 4 rings (SSSR count). The van der Waals surface area contributed by atoms with Crippen molar-refractivity contribution in [3.63, 3.8) is 0 Å². The highest BCUT2D eigenvalue weighted by molar-refractivity contribution is 6.33. The largest absolute Gasteiger partial charge is 0.337 e. The van der Waals surface area contributed by atoms with Crippen molar-refractivity contribution in [1.29, 1.82) is 0 Å². The third-order valence-corrected chi connectivity index (χ3v) is 6.31. The van der Waals surface area contributed by atoms with Gasteiger partial charge in [-0.15, -0.1) is 0 Å². The van der Waals surface area contributed by atoms with Gasteiger partial charge in [-0.25, -0.2) is 4.68 Å². The quantitative estimate of drug-likeness (QED) is 0.572. The monoisotopic (exact) mass is 485 g/mol. The van der Waals surface area contributed by atoms with Crippen LogP contribution >= 0.6 is 23.2 Å². The lowest BCUT2D eigenvalue weighted by molar-refractivity contribution is -0.117.